The third-order valence-corrected chi connectivity index (χ3v) is 5.75. The van der Waals surface area contributed by atoms with E-state index in [0.29, 0.717) is 28.6 Å². The van der Waals surface area contributed by atoms with E-state index in [1.54, 1.807) is 6.92 Å². The number of Topliss-reactive ketones (excluding diaryl/α,β-unsaturated/α-hetero) is 1. The Kier molecular flexibility index (Phi) is 5.39. The van der Waals surface area contributed by atoms with Gasteiger partial charge in [0.05, 0.1) is 5.39 Å². The first-order valence-electron chi connectivity index (χ1n) is 8.20. The van der Waals surface area contributed by atoms with Gasteiger partial charge in [-0.25, -0.2) is 4.98 Å². The lowest BCUT2D eigenvalue weighted by Crippen LogP contribution is -2.09. The average molecular weight is 373 g/mol. The number of thiophene rings is 1. The van der Waals surface area contributed by atoms with Crippen molar-refractivity contribution < 1.29 is 4.79 Å². The van der Waals surface area contributed by atoms with Gasteiger partial charge in [-0.05, 0) is 24.0 Å². The first kappa shape index (κ1) is 17.9. The summed E-state index contributed by atoms with van der Waals surface area (Å²) in [6, 6.07) is 8.34. The molecular formula is C19H20N2O2S2. The lowest BCUT2D eigenvalue weighted by atomic mass is 9.99. The largest absolute Gasteiger partial charge is 0.301 e. The number of aromatic nitrogens is 2. The van der Waals surface area contributed by atoms with E-state index in [1.807, 2.05) is 5.38 Å². The van der Waals surface area contributed by atoms with Gasteiger partial charge in [-0.2, -0.15) is 0 Å². The molecular weight excluding hydrogens is 352 g/mol. The fraction of sp³-hybridized carbons (Fsp3) is 0.316. The summed E-state index contributed by atoms with van der Waals surface area (Å²) in [6.07, 6.45) is 0.476. The van der Waals surface area contributed by atoms with Crippen molar-refractivity contribution in [2.24, 2.45) is 0 Å². The van der Waals surface area contributed by atoms with Crippen molar-refractivity contribution in [2.75, 3.05) is 5.75 Å². The van der Waals surface area contributed by atoms with Crippen LogP contribution in [0.1, 0.15) is 38.7 Å². The van der Waals surface area contributed by atoms with E-state index in [-0.39, 0.29) is 11.3 Å². The molecule has 0 fully saturated rings. The molecule has 0 unspecified atom stereocenters. The van der Waals surface area contributed by atoms with Gasteiger partial charge in [0.15, 0.2) is 5.16 Å². The van der Waals surface area contributed by atoms with Crippen LogP contribution in [0.25, 0.3) is 21.3 Å². The Bertz CT molecular complexity index is 956. The molecule has 0 aliphatic rings. The highest BCUT2D eigenvalue weighted by Gasteiger charge is 2.13. The standard InChI is InChI=1S/C19H20N2O2S2/c1-11(2)13-4-6-14(7-5-13)15-10-25-18-16(15)17(23)20-19(21-18)24-9-8-12(3)22/h4-7,10-11H,8-9H2,1-3H3,(H,20,21,23). The van der Waals surface area contributed by atoms with Gasteiger partial charge in [-0.3, -0.25) is 9.59 Å². The van der Waals surface area contributed by atoms with Gasteiger partial charge in [0.25, 0.3) is 5.56 Å². The van der Waals surface area contributed by atoms with Gasteiger partial charge < -0.3 is 4.98 Å². The van der Waals surface area contributed by atoms with E-state index >= 15 is 0 Å². The van der Waals surface area contributed by atoms with Crippen LogP contribution in [0, 0.1) is 0 Å². The summed E-state index contributed by atoms with van der Waals surface area (Å²) < 4.78 is 0. The minimum Gasteiger partial charge on any atom is -0.301 e. The molecule has 0 atom stereocenters. The van der Waals surface area contributed by atoms with Gasteiger partial charge in [0.2, 0.25) is 0 Å². The summed E-state index contributed by atoms with van der Waals surface area (Å²) >= 11 is 2.88. The summed E-state index contributed by atoms with van der Waals surface area (Å²) in [5.74, 6) is 1.24. The Morgan fingerprint density at radius 3 is 2.64 bits per heavy atom. The molecule has 0 spiro atoms. The van der Waals surface area contributed by atoms with E-state index < -0.39 is 0 Å². The molecule has 4 nitrogen and oxygen atoms in total. The van der Waals surface area contributed by atoms with Gasteiger partial charge in [-0.15, -0.1) is 11.3 Å². The van der Waals surface area contributed by atoms with Crippen LogP contribution in [0.4, 0.5) is 0 Å². The highest BCUT2D eigenvalue weighted by atomic mass is 32.2. The van der Waals surface area contributed by atoms with Crippen LogP contribution >= 0.6 is 23.1 Å². The Balaban J connectivity index is 1.93. The van der Waals surface area contributed by atoms with Crippen molar-refractivity contribution >= 4 is 39.1 Å². The number of nitrogens with one attached hydrogen (secondary N) is 1. The third-order valence-electron chi connectivity index (χ3n) is 4.00. The number of rotatable bonds is 6. The molecule has 130 valence electrons. The van der Waals surface area contributed by atoms with Crippen molar-refractivity contribution in [3.8, 4) is 11.1 Å². The number of hydrogen-bond donors (Lipinski definition) is 1. The van der Waals surface area contributed by atoms with Gasteiger partial charge >= 0.3 is 0 Å². The third kappa shape index (κ3) is 4.02. The Morgan fingerprint density at radius 2 is 2.00 bits per heavy atom. The molecule has 0 aliphatic carbocycles. The number of fused-ring (bicyclic) bond motifs is 1. The zero-order valence-electron chi connectivity index (χ0n) is 14.5. The highest BCUT2D eigenvalue weighted by molar-refractivity contribution is 7.99. The average Bonchev–Trinajstić information content (AvgIpc) is 2.99. The highest BCUT2D eigenvalue weighted by Crippen LogP contribution is 2.32. The monoisotopic (exact) mass is 372 g/mol. The predicted molar refractivity (Wildman–Crippen MR) is 106 cm³/mol. The summed E-state index contributed by atoms with van der Waals surface area (Å²) in [5.41, 5.74) is 3.10. The smallest absolute Gasteiger partial charge is 0.260 e. The maximum atomic E-state index is 12.6. The van der Waals surface area contributed by atoms with E-state index in [4.69, 9.17) is 0 Å². The second kappa shape index (κ2) is 7.54. The molecule has 1 N–H and O–H groups in total. The number of benzene rings is 1. The molecule has 0 aliphatic heterocycles. The molecule has 3 rings (SSSR count). The maximum absolute atomic E-state index is 12.6. The zero-order chi connectivity index (χ0) is 18.0. The van der Waals surface area contributed by atoms with Crippen LogP contribution in [0.5, 0.6) is 0 Å². The molecule has 1 aromatic carbocycles. The van der Waals surface area contributed by atoms with Crippen molar-refractivity contribution in [3.05, 3.63) is 45.6 Å². The Morgan fingerprint density at radius 1 is 1.28 bits per heavy atom. The first-order chi connectivity index (χ1) is 12.0. The van der Waals surface area contributed by atoms with Crippen LogP contribution in [0.2, 0.25) is 0 Å². The first-order valence-corrected chi connectivity index (χ1v) is 10.1. The lowest BCUT2D eigenvalue weighted by molar-refractivity contribution is -0.116. The topological polar surface area (TPSA) is 62.8 Å². The predicted octanol–water partition coefficient (Wildman–Crippen LogP) is 4.85. The van der Waals surface area contributed by atoms with E-state index in [1.165, 1.54) is 28.7 Å². The second-order valence-corrected chi connectivity index (χ2v) is 8.22. The van der Waals surface area contributed by atoms with Gasteiger partial charge in [0, 0.05) is 23.1 Å². The Hall–Kier alpha value is -1.92. The lowest BCUT2D eigenvalue weighted by Gasteiger charge is -2.06. The fourth-order valence-corrected chi connectivity index (χ4v) is 4.46. The van der Waals surface area contributed by atoms with Crippen molar-refractivity contribution in [1.82, 2.24) is 9.97 Å². The van der Waals surface area contributed by atoms with Crippen LogP contribution in [0.15, 0.2) is 39.6 Å². The molecule has 0 bridgehead atoms. The quantitative estimate of drug-likeness (QED) is 0.496. The number of H-pyrrole nitrogens is 1. The summed E-state index contributed by atoms with van der Waals surface area (Å²) in [6.45, 7) is 5.89. The zero-order valence-corrected chi connectivity index (χ0v) is 16.1. The molecule has 25 heavy (non-hydrogen) atoms. The summed E-state index contributed by atoms with van der Waals surface area (Å²) in [5, 5.41) is 3.20. The number of carbonyl (C=O) groups excluding carboxylic acids is 1. The normalized spacial score (nSPS) is 11.4. The van der Waals surface area contributed by atoms with Crippen LogP contribution in [-0.2, 0) is 4.79 Å². The van der Waals surface area contributed by atoms with Gasteiger partial charge in [0.1, 0.15) is 10.6 Å². The number of carbonyl (C=O) groups is 1. The van der Waals surface area contributed by atoms with E-state index in [0.717, 1.165) is 16.0 Å². The number of aromatic amines is 1. The van der Waals surface area contributed by atoms with Crippen molar-refractivity contribution in [1.29, 1.82) is 0 Å². The summed E-state index contributed by atoms with van der Waals surface area (Å²) in [7, 11) is 0. The molecule has 3 aromatic rings. The van der Waals surface area contributed by atoms with Crippen LogP contribution in [0.3, 0.4) is 0 Å². The molecule has 0 amide bonds. The van der Waals surface area contributed by atoms with E-state index in [9.17, 15) is 9.59 Å². The SMILES string of the molecule is CC(=O)CCSc1nc2scc(-c3ccc(C(C)C)cc3)c2c(=O)[nH]1. The van der Waals surface area contributed by atoms with Crippen LogP contribution in [-0.4, -0.2) is 21.5 Å². The summed E-state index contributed by atoms with van der Waals surface area (Å²) in [4.78, 5) is 31.7. The Labute approximate surface area is 154 Å². The molecule has 2 aromatic heterocycles. The van der Waals surface area contributed by atoms with E-state index in [2.05, 4.69) is 48.1 Å². The number of thioether (sulfide) groups is 1. The number of hydrogen-bond acceptors (Lipinski definition) is 5. The van der Waals surface area contributed by atoms with Crippen molar-refractivity contribution in [2.45, 2.75) is 38.3 Å². The fourth-order valence-electron chi connectivity index (χ4n) is 2.55. The maximum Gasteiger partial charge on any atom is 0.260 e. The molecule has 0 saturated carbocycles. The van der Waals surface area contributed by atoms with Gasteiger partial charge in [-0.1, -0.05) is 49.9 Å². The number of nitrogens with zero attached hydrogens (tertiary/aromatic N) is 1. The molecule has 6 heteroatoms. The molecule has 2 heterocycles. The van der Waals surface area contributed by atoms with Crippen LogP contribution < -0.4 is 5.56 Å². The molecule has 0 saturated heterocycles. The second-order valence-electron chi connectivity index (χ2n) is 6.28. The minimum absolute atomic E-state index is 0.125. The molecule has 0 radical (unpaired) electrons. The van der Waals surface area contributed by atoms with Crippen molar-refractivity contribution in [3.63, 3.8) is 0 Å². The number of ketones is 1. The minimum atomic E-state index is -0.125.